The van der Waals surface area contributed by atoms with Crippen LogP contribution in [-0.4, -0.2) is 13.1 Å². The highest BCUT2D eigenvalue weighted by atomic mass is 14.8. The number of rotatable bonds is 4. The van der Waals surface area contributed by atoms with E-state index in [4.69, 9.17) is 0 Å². The Hall–Kier alpha value is -0.820. The van der Waals surface area contributed by atoms with Gasteiger partial charge in [0.05, 0.1) is 0 Å². The van der Waals surface area contributed by atoms with Crippen LogP contribution in [0.2, 0.25) is 0 Å². The average molecular weight is 193 g/mol. The molecule has 1 rings (SSSR count). The van der Waals surface area contributed by atoms with E-state index in [1.807, 2.05) is 18.2 Å². The van der Waals surface area contributed by atoms with Gasteiger partial charge in [-0.05, 0) is 32.9 Å². The molecule has 80 valence electrons. The van der Waals surface area contributed by atoms with E-state index in [0.29, 0.717) is 0 Å². The molecule has 0 atom stereocenters. The van der Waals surface area contributed by atoms with Crippen LogP contribution >= 0.6 is 0 Å². The van der Waals surface area contributed by atoms with E-state index in [9.17, 15) is 0 Å². The van der Waals surface area contributed by atoms with Gasteiger partial charge in [-0.2, -0.15) is 0 Å². The molecule has 0 saturated heterocycles. The van der Waals surface area contributed by atoms with Crippen LogP contribution in [0.15, 0.2) is 30.3 Å². The lowest BCUT2D eigenvalue weighted by Crippen LogP contribution is -2.14. The fourth-order valence-corrected chi connectivity index (χ4v) is 1.01. The number of nitrogens with one attached hydrogen (secondary N) is 1. The Morgan fingerprint density at radius 2 is 1.43 bits per heavy atom. The molecule has 0 aliphatic carbocycles. The van der Waals surface area contributed by atoms with Crippen molar-refractivity contribution in [1.29, 1.82) is 0 Å². The second kappa shape index (κ2) is 10.3. The molecule has 0 radical (unpaired) electrons. The smallest absolute Gasteiger partial charge is 0.00516 e. The van der Waals surface area contributed by atoms with Crippen molar-refractivity contribution in [2.45, 2.75) is 33.6 Å². The third-order valence-electron chi connectivity index (χ3n) is 1.79. The maximum Gasteiger partial charge on any atom is -0.00516 e. The van der Waals surface area contributed by atoms with Crippen molar-refractivity contribution in [3.05, 3.63) is 35.9 Å². The minimum absolute atomic E-state index is 1.17. The lowest BCUT2D eigenvalue weighted by Gasteiger charge is -1.95. The van der Waals surface area contributed by atoms with Crippen LogP contribution in [0, 0.1) is 6.92 Å². The van der Waals surface area contributed by atoms with E-state index < -0.39 is 0 Å². The highest BCUT2D eigenvalue weighted by Gasteiger charge is 1.76. The SMILES string of the molecule is CCCNCCC.Cc1ccccc1. The molecule has 0 spiro atoms. The van der Waals surface area contributed by atoms with Crippen LogP contribution in [0.3, 0.4) is 0 Å². The predicted molar refractivity (Wildman–Crippen MR) is 64.6 cm³/mol. The minimum Gasteiger partial charge on any atom is -0.317 e. The van der Waals surface area contributed by atoms with Gasteiger partial charge in [0.15, 0.2) is 0 Å². The van der Waals surface area contributed by atoms with Crippen molar-refractivity contribution in [1.82, 2.24) is 5.32 Å². The second-order valence-electron chi connectivity index (χ2n) is 3.40. The molecule has 1 N–H and O–H groups in total. The number of aryl methyl sites for hydroxylation is 1. The molecule has 1 nitrogen and oxygen atoms in total. The van der Waals surface area contributed by atoms with Gasteiger partial charge < -0.3 is 5.32 Å². The maximum absolute atomic E-state index is 3.28. The Kier molecular flexibility index (Phi) is 9.66. The zero-order chi connectivity index (χ0) is 10.6. The van der Waals surface area contributed by atoms with E-state index in [2.05, 4.69) is 38.2 Å². The van der Waals surface area contributed by atoms with Gasteiger partial charge >= 0.3 is 0 Å². The zero-order valence-electron chi connectivity index (χ0n) is 9.72. The first-order valence-corrected chi connectivity index (χ1v) is 5.53. The van der Waals surface area contributed by atoms with Gasteiger partial charge in [0.25, 0.3) is 0 Å². The fourth-order valence-electron chi connectivity index (χ4n) is 1.01. The summed E-state index contributed by atoms with van der Waals surface area (Å²) in [5.74, 6) is 0. The molecule has 0 bridgehead atoms. The largest absolute Gasteiger partial charge is 0.317 e. The summed E-state index contributed by atoms with van der Waals surface area (Å²) in [5.41, 5.74) is 1.32. The Labute approximate surface area is 88.5 Å². The Balaban J connectivity index is 0.000000241. The Morgan fingerprint density at radius 3 is 1.71 bits per heavy atom. The first-order valence-electron chi connectivity index (χ1n) is 5.53. The zero-order valence-corrected chi connectivity index (χ0v) is 9.72. The summed E-state index contributed by atoms with van der Waals surface area (Å²) >= 11 is 0. The molecule has 1 heteroatoms. The first-order chi connectivity index (χ1) is 6.81. The van der Waals surface area contributed by atoms with Crippen molar-refractivity contribution in [2.75, 3.05) is 13.1 Å². The maximum atomic E-state index is 3.28. The molecule has 1 aromatic rings. The second-order valence-corrected chi connectivity index (χ2v) is 3.40. The van der Waals surface area contributed by atoms with Crippen LogP contribution < -0.4 is 5.32 Å². The van der Waals surface area contributed by atoms with Gasteiger partial charge in [-0.15, -0.1) is 0 Å². The molecular formula is C13H23N. The first kappa shape index (κ1) is 13.2. The van der Waals surface area contributed by atoms with Crippen LogP contribution in [0.25, 0.3) is 0 Å². The van der Waals surface area contributed by atoms with Gasteiger partial charge in [0, 0.05) is 0 Å². The number of hydrogen-bond donors (Lipinski definition) is 1. The summed E-state index contributed by atoms with van der Waals surface area (Å²) in [6.07, 6.45) is 2.50. The topological polar surface area (TPSA) is 12.0 Å². The van der Waals surface area contributed by atoms with Gasteiger partial charge in [-0.3, -0.25) is 0 Å². The summed E-state index contributed by atoms with van der Waals surface area (Å²) in [5, 5.41) is 3.28. The van der Waals surface area contributed by atoms with E-state index in [-0.39, 0.29) is 0 Å². The highest BCUT2D eigenvalue weighted by molar-refractivity contribution is 5.11. The molecule has 0 aliphatic rings. The summed E-state index contributed by atoms with van der Waals surface area (Å²) in [6.45, 7) is 8.80. The van der Waals surface area contributed by atoms with E-state index in [0.717, 1.165) is 0 Å². The van der Waals surface area contributed by atoms with Crippen molar-refractivity contribution in [3.8, 4) is 0 Å². The molecule has 0 aliphatic heterocycles. The van der Waals surface area contributed by atoms with Crippen LogP contribution in [0.5, 0.6) is 0 Å². The van der Waals surface area contributed by atoms with Crippen molar-refractivity contribution in [3.63, 3.8) is 0 Å². The molecule has 0 amide bonds. The van der Waals surface area contributed by atoms with E-state index >= 15 is 0 Å². The third-order valence-corrected chi connectivity index (χ3v) is 1.79. The summed E-state index contributed by atoms with van der Waals surface area (Å²) in [6, 6.07) is 10.3. The number of hydrogen-bond acceptors (Lipinski definition) is 1. The predicted octanol–water partition coefficient (Wildman–Crippen LogP) is 3.39. The van der Waals surface area contributed by atoms with Crippen LogP contribution in [-0.2, 0) is 0 Å². The van der Waals surface area contributed by atoms with E-state index in [1.165, 1.54) is 31.5 Å². The van der Waals surface area contributed by atoms with E-state index in [1.54, 1.807) is 0 Å². The molecule has 0 aromatic heterocycles. The van der Waals surface area contributed by atoms with Gasteiger partial charge in [-0.25, -0.2) is 0 Å². The van der Waals surface area contributed by atoms with Crippen molar-refractivity contribution >= 4 is 0 Å². The summed E-state index contributed by atoms with van der Waals surface area (Å²) in [4.78, 5) is 0. The third kappa shape index (κ3) is 9.27. The highest BCUT2D eigenvalue weighted by Crippen LogP contribution is 1.92. The quantitative estimate of drug-likeness (QED) is 0.723. The van der Waals surface area contributed by atoms with Gasteiger partial charge in [-0.1, -0.05) is 49.7 Å². The summed E-state index contributed by atoms with van der Waals surface area (Å²) in [7, 11) is 0. The molecule has 0 saturated carbocycles. The lowest BCUT2D eigenvalue weighted by atomic mass is 10.2. The monoisotopic (exact) mass is 193 g/mol. The normalized spacial score (nSPS) is 9.07. The molecule has 0 heterocycles. The molecular weight excluding hydrogens is 170 g/mol. The van der Waals surface area contributed by atoms with Crippen molar-refractivity contribution in [2.24, 2.45) is 0 Å². The minimum atomic E-state index is 1.17. The summed E-state index contributed by atoms with van der Waals surface area (Å²) < 4.78 is 0. The van der Waals surface area contributed by atoms with Gasteiger partial charge in [0.1, 0.15) is 0 Å². The fraction of sp³-hybridized carbons (Fsp3) is 0.538. The number of benzene rings is 1. The van der Waals surface area contributed by atoms with Gasteiger partial charge in [0.2, 0.25) is 0 Å². The van der Waals surface area contributed by atoms with Crippen molar-refractivity contribution < 1.29 is 0 Å². The van der Waals surface area contributed by atoms with Crippen LogP contribution in [0.4, 0.5) is 0 Å². The molecule has 1 aromatic carbocycles. The molecule has 0 fully saturated rings. The molecule has 0 unspecified atom stereocenters. The Bertz CT molecular complexity index is 190. The molecule has 14 heavy (non-hydrogen) atoms. The Morgan fingerprint density at radius 1 is 0.929 bits per heavy atom. The van der Waals surface area contributed by atoms with Crippen LogP contribution in [0.1, 0.15) is 32.3 Å². The standard InChI is InChI=1S/C7H8.C6H15N/c1-7-5-3-2-4-6-7;1-3-5-7-6-4-2/h2-6H,1H3;7H,3-6H2,1-2H3. The lowest BCUT2D eigenvalue weighted by molar-refractivity contribution is 0.662. The average Bonchev–Trinajstić information content (AvgIpc) is 2.21.